The van der Waals surface area contributed by atoms with Gasteiger partial charge in [-0.3, -0.25) is 9.80 Å². The molecule has 0 spiro atoms. The SMILES string of the molecule is COc1ccc2c(Oc3ccc(OCCN4CCCCC4)cc3)c(-c3ccc(F)c(F)c3)ccc2c1.Cl.Oc1ccc2c(Oc3ccc(OCCN4CCCCC4)cc3)c(-c3ccc(F)cc3F)ccc2c1. The van der Waals surface area contributed by atoms with Gasteiger partial charge in [0.15, 0.2) is 11.6 Å². The Balaban J connectivity index is 0.000000190. The molecule has 0 radical (unpaired) electrons. The summed E-state index contributed by atoms with van der Waals surface area (Å²) in [4.78, 5) is 4.87. The fraction of sp³-hybridized carbons (Fsp3) is 0.254. The van der Waals surface area contributed by atoms with Crippen molar-refractivity contribution in [2.24, 2.45) is 0 Å². The van der Waals surface area contributed by atoms with Gasteiger partial charge in [0.1, 0.15) is 70.8 Å². The van der Waals surface area contributed by atoms with Crippen LogP contribution in [0.3, 0.4) is 0 Å². The van der Waals surface area contributed by atoms with Crippen LogP contribution in [0, 0.1) is 23.3 Å². The summed E-state index contributed by atoms with van der Waals surface area (Å²) in [6.07, 6.45) is 7.67. The highest BCUT2D eigenvalue weighted by molar-refractivity contribution is 5.97. The molecule has 0 amide bonds. The van der Waals surface area contributed by atoms with Crippen LogP contribution in [0.5, 0.6) is 46.0 Å². The predicted molar refractivity (Wildman–Crippen MR) is 279 cm³/mol. The quantitative estimate of drug-likeness (QED) is 0.102. The molecular formula is C59H57ClF4N2O6. The molecule has 0 aliphatic carbocycles. The number of fused-ring (bicyclic) bond motifs is 2. The van der Waals surface area contributed by atoms with Crippen LogP contribution in [0.15, 0.2) is 146 Å². The summed E-state index contributed by atoms with van der Waals surface area (Å²) in [5.74, 6) is 1.41. The van der Waals surface area contributed by atoms with Gasteiger partial charge >= 0.3 is 0 Å². The second-order valence-electron chi connectivity index (χ2n) is 17.8. The fourth-order valence-electron chi connectivity index (χ4n) is 9.12. The number of methoxy groups -OCH3 is 1. The number of hydrogen-bond donors (Lipinski definition) is 1. The Labute approximate surface area is 423 Å². The Kier molecular flexibility index (Phi) is 17.4. The van der Waals surface area contributed by atoms with E-state index in [1.165, 1.54) is 56.7 Å². The number of benzene rings is 8. The molecule has 13 heteroatoms. The third-order valence-corrected chi connectivity index (χ3v) is 12.9. The van der Waals surface area contributed by atoms with Crippen molar-refractivity contribution in [1.29, 1.82) is 0 Å². The molecule has 2 aliphatic heterocycles. The second kappa shape index (κ2) is 24.4. The molecule has 10 rings (SSSR count). The number of phenolic OH excluding ortho intramolecular Hbond substituents is 1. The van der Waals surface area contributed by atoms with E-state index in [1.54, 1.807) is 55.6 Å². The Hall–Kier alpha value is -6.99. The number of piperidine rings is 2. The van der Waals surface area contributed by atoms with Crippen LogP contribution in [0.25, 0.3) is 43.8 Å². The van der Waals surface area contributed by atoms with Crippen molar-refractivity contribution >= 4 is 34.0 Å². The summed E-state index contributed by atoms with van der Waals surface area (Å²) in [5.41, 5.74) is 1.91. The van der Waals surface area contributed by atoms with Crippen molar-refractivity contribution in [2.75, 3.05) is 59.6 Å². The molecule has 0 atom stereocenters. The summed E-state index contributed by atoms with van der Waals surface area (Å²) in [6.45, 7) is 7.67. The molecule has 0 aromatic heterocycles. The van der Waals surface area contributed by atoms with E-state index in [2.05, 4.69) is 9.80 Å². The molecule has 8 aromatic carbocycles. The lowest BCUT2D eigenvalue weighted by atomic mass is 9.99. The van der Waals surface area contributed by atoms with Gasteiger partial charge < -0.3 is 28.8 Å². The number of aromatic hydroxyl groups is 1. The van der Waals surface area contributed by atoms with Crippen LogP contribution < -0.4 is 23.7 Å². The number of hydrogen-bond acceptors (Lipinski definition) is 8. The van der Waals surface area contributed by atoms with Crippen molar-refractivity contribution in [3.8, 4) is 68.2 Å². The van der Waals surface area contributed by atoms with Crippen molar-refractivity contribution in [1.82, 2.24) is 9.80 Å². The fourth-order valence-corrected chi connectivity index (χ4v) is 9.12. The molecule has 2 fully saturated rings. The Morgan fingerprint density at radius 3 is 1.50 bits per heavy atom. The molecule has 0 unspecified atom stereocenters. The number of rotatable bonds is 15. The first-order chi connectivity index (χ1) is 34.7. The van der Waals surface area contributed by atoms with E-state index in [1.807, 2.05) is 66.7 Å². The molecule has 374 valence electrons. The molecule has 0 bridgehead atoms. The summed E-state index contributed by atoms with van der Waals surface area (Å²) in [6, 6.07) is 40.0. The van der Waals surface area contributed by atoms with Crippen LogP contribution in [0.4, 0.5) is 17.6 Å². The lowest BCUT2D eigenvalue weighted by Crippen LogP contribution is -2.33. The van der Waals surface area contributed by atoms with E-state index in [-0.39, 0.29) is 23.7 Å². The molecular weight excluding hydrogens is 944 g/mol. The predicted octanol–water partition coefficient (Wildman–Crippen LogP) is 15.0. The summed E-state index contributed by atoms with van der Waals surface area (Å²) < 4.78 is 85.7. The van der Waals surface area contributed by atoms with Crippen molar-refractivity contribution in [3.63, 3.8) is 0 Å². The molecule has 0 saturated carbocycles. The number of ether oxygens (including phenoxy) is 5. The highest BCUT2D eigenvalue weighted by Gasteiger charge is 2.19. The van der Waals surface area contributed by atoms with Gasteiger partial charge in [0.25, 0.3) is 0 Å². The third-order valence-electron chi connectivity index (χ3n) is 12.9. The zero-order valence-corrected chi connectivity index (χ0v) is 40.9. The summed E-state index contributed by atoms with van der Waals surface area (Å²) >= 11 is 0. The van der Waals surface area contributed by atoms with Gasteiger partial charge in [-0.15, -0.1) is 12.4 Å². The Morgan fingerprint density at radius 2 is 0.944 bits per heavy atom. The van der Waals surface area contributed by atoms with Crippen LogP contribution in [0.1, 0.15) is 38.5 Å². The zero-order chi connectivity index (χ0) is 49.1. The van der Waals surface area contributed by atoms with Gasteiger partial charge in [-0.2, -0.15) is 0 Å². The van der Waals surface area contributed by atoms with E-state index >= 15 is 0 Å². The van der Waals surface area contributed by atoms with E-state index in [4.69, 9.17) is 23.7 Å². The van der Waals surface area contributed by atoms with E-state index < -0.39 is 23.3 Å². The highest BCUT2D eigenvalue weighted by Crippen LogP contribution is 2.43. The van der Waals surface area contributed by atoms with Gasteiger partial charge in [0, 0.05) is 46.6 Å². The maximum atomic E-state index is 14.7. The van der Waals surface area contributed by atoms with Gasteiger partial charge in [0.2, 0.25) is 0 Å². The van der Waals surface area contributed by atoms with Crippen molar-refractivity contribution < 1.29 is 46.4 Å². The van der Waals surface area contributed by atoms with E-state index in [0.29, 0.717) is 58.3 Å². The standard InChI is InChI=1S/C30H29F2NO3.C29H27F2NO3.ClH/c1-34-25-11-13-27-21(19-25)5-12-26(22-6-14-28(31)29(32)20-22)30(27)36-24-9-7-23(8-10-24)35-18-17-33-15-3-2-4-16-33;30-21-5-12-26(28(31)19-21)27-11-4-20-18-22(33)6-13-25(20)29(27)35-24-9-7-23(8-10-24)34-17-16-32-14-2-1-3-15-32;/h5-14,19-20H,2-4,15-18H2,1H3;4-13,18-19,33H,1-3,14-17H2;1H. The normalized spacial score (nSPS) is 14.0. The molecule has 2 saturated heterocycles. The lowest BCUT2D eigenvalue weighted by molar-refractivity contribution is 0.183. The van der Waals surface area contributed by atoms with Crippen molar-refractivity contribution in [3.05, 3.63) is 169 Å². The highest BCUT2D eigenvalue weighted by atomic mass is 35.5. The average molecular weight is 1000 g/mol. The topological polar surface area (TPSA) is 72.9 Å². The van der Waals surface area contributed by atoms with Crippen molar-refractivity contribution in [2.45, 2.75) is 38.5 Å². The number of likely N-dealkylation sites (tertiary alicyclic amines) is 2. The minimum absolute atomic E-state index is 0. The first-order valence-corrected chi connectivity index (χ1v) is 24.2. The lowest BCUT2D eigenvalue weighted by Gasteiger charge is -2.26. The molecule has 72 heavy (non-hydrogen) atoms. The van der Waals surface area contributed by atoms with Crippen LogP contribution in [-0.2, 0) is 0 Å². The molecule has 8 nitrogen and oxygen atoms in total. The van der Waals surface area contributed by atoms with Gasteiger partial charge in [-0.05, 0) is 190 Å². The van der Waals surface area contributed by atoms with Crippen LogP contribution in [-0.4, -0.2) is 74.5 Å². The van der Waals surface area contributed by atoms with Gasteiger partial charge in [0.05, 0.1) is 7.11 Å². The van der Waals surface area contributed by atoms with Crippen LogP contribution in [0.2, 0.25) is 0 Å². The molecule has 8 aromatic rings. The Morgan fingerprint density at radius 1 is 0.444 bits per heavy atom. The minimum Gasteiger partial charge on any atom is -0.508 e. The average Bonchev–Trinajstić information content (AvgIpc) is 3.39. The smallest absolute Gasteiger partial charge is 0.159 e. The molecule has 2 aliphatic rings. The van der Waals surface area contributed by atoms with E-state index in [9.17, 15) is 22.7 Å². The Bertz CT molecular complexity index is 3070. The minimum atomic E-state index is -0.903. The summed E-state index contributed by atoms with van der Waals surface area (Å²) in [7, 11) is 1.62. The van der Waals surface area contributed by atoms with Crippen LogP contribution >= 0.6 is 12.4 Å². The summed E-state index contributed by atoms with van der Waals surface area (Å²) in [5, 5.41) is 13.1. The first-order valence-electron chi connectivity index (χ1n) is 24.2. The number of phenols is 1. The largest absolute Gasteiger partial charge is 0.508 e. The van der Waals surface area contributed by atoms with Gasteiger partial charge in [-0.25, -0.2) is 17.6 Å². The third kappa shape index (κ3) is 12.9. The number of nitrogens with zero attached hydrogens (tertiary/aromatic N) is 2. The maximum Gasteiger partial charge on any atom is 0.159 e. The monoisotopic (exact) mass is 1000 g/mol. The molecule has 1 N–H and O–H groups in total. The first kappa shape index (κ1) is 51.4. The van der Waals surface area contributed by atoms with E-state index in [0.717, 1.165) is 84.8 Å². The molecule has 2 heterocycles. The maximum absolute atomic E-state index is 14.7. The number of halogens is 5. The second-order valence-corrected chi connectivity index (χ2v) is 17.8. The zero-order valence-electron chi connectivity index (χ0n) is 40.1. The van der Waals surface area contributed by atoms with Gasteiger partial charge in [-0.1, -0.05) is 31.0 Å².